The van der Waals surface area contributed by atoms with Crippen molar-refractivity contribution in [1.82, 2.24) is 0 Å². The van der Waals surface area contributed by atoms with Crippen molar-refractivity contribution in [2.45, 2.75) is 5.92 Å². The van der Waals surface area contributed by atoms with Gasteiger partial charge in [-0.3, -0.25) is 0 Å². The number of aromatic hydroxyl groups is 2. The maximum absolute atomic E-state index is 13.1. The van der Waals surface area contributed by atoms with Crippen LogP contribution in [0.15, 0.2) is 16.6 Å². The molecule has 6 heteroatoms. The molecule has 0 saturated heterocycles. The van der Waals surface area contributed by atoms with Crippen molar-refractivity contribution in [2.24, 2.45) is 5.73 Å². The van der Waals surface area contributed by atoms with E-state index in [1.54, 1.807) is 0 Å². The van der Waals surface area contributed by atoms with Gasteiger partial charge in [-0.15, -0.1) is 0 Å². The molecule has 0 aromatic heterocycles. The first-order valence-electron chi connectivity index (χ1n) is 3.68. The first-order chi connectivity index (χ1) is 6.38. The molecule has 1 aromatic carbocycles. The number of nitrogens with two attached hydrogens (primary N) is 1. The SMILES string of the molecule is NCC(F)(F)c1cc(O)c(O)cc1Br. The van der Waals surface area contributed by atoms with Crippen LogP contribution >= 0.6 is 15.9 Å². The number of rotatable bonds is 2. The van der Waals surface area contributed by atoms with Gasteiger partial charge in [0.25, 0.3) is 5.92 Å². The topological polar surface area (TPSA) is 66.5 Å². The van der Waals surface area contributed by atoms with Crippen molar-refractivity contribution in [3.05, 3.63) is 22.2 Å². The second-order valence-electron chi connectivity index (χ2n) is 2.73. The smallest absolute Gasteiger partial charge is 0.286 e. The lowest BCUT2D eigenvalue weighted by Gasteiger charge is -2.16. The average molecular weight is 268 g/mol. The highest BCUT2D eigenvalue weighted by Gasteiger charge is 2.32. The third kappa shape index (κ3) is 1.96. The van der Waals surface area contributed by atoms with Gasteiger partial charge in [0.15, 0.2) is 11.5 Å². The number of hydrogen-bond donors (Lipinski definition) is 3. The Labute approximate surface area is 87.3 Å². The number of hydrogen-bond acceptors (Lipinski definition) is 3. The molecule has 14 heavy (non-hydrogen) atoms. The maximum atomic E-state index is 13.1. The van der Waals surface area contributed by atoms with Crippen LogP contribution in [-0.2, 0) is 5.92 Å². The van der Waals surface area contributed by atoms with Crippen LogP contribution in [0.25, 0.3) is 0 Å². The number of phenols is 2. The van der Waals surface area contributed by atoms with Crippen molar-refractivity contribution < 1.29 is 19.0 Å². The van der Waals surface area contributed by atoms with E-state index in [9.17, 15) is 8.78 Å². The molecule has 0 heterocycles. The van der Waals surface area contributed by atoms with Crippen molar-refractivity contribution in [1.29, 1.82) is 0 Å². The van der Waals surface area contributed by atoms with E-state index in [0.29, 0.717) is 0 Å². The fourth-order valence-corrected chi connectivity index (χ4v) is 1.56. The van der Waals surface area contributed by atoms with Crippen LogP contribution in [0, 0.1) is 0 Å². The van der Waals surface area contributed by atoms with Gasteiger partial charge in [0.1, 0.15) is 0 Å². The van der Waals surface area contributed by atoms with Crippen molar-refractivity contribution in [2.75, 3.05) is 6.54 Å². The molecular formula is C8H8BrF2NO2. The highest BCUT2D eigenvalue weighted by atomic mass is 79.9. The standard InChI is InChI=1S/C8H8BrF2NO2/c9-5-2-7(14)6(13)1-4(5)8(10,11)3-12/h1-2,13-14H,3,12H2. The van der Waals surface area contributed by atoms with Gasteiger partial charge in [0, 0.05) is 10.0 Å². The molecule has 0 aliphatic heterocycles. The summed E-state index contributed by atoms with van der Waals surface area (Å²) in [5.41, 5.74) is 4.43. The van der Waals surface area contributed by atoms with E-state index in [1.807, 2.05) is 0 Å². The lowest BCUT2D eigenvalue weighted by atomic mass is 10.1. The first-order valence-corrected chi connectivity index (χ1v) is 4.47. The molecule has 0 amide bonds. The molecule has 1 rings (SSSR count). The van der Waals surface area contributed by atoms with Crippen LogP contribution in [0.4, 0.5) is 8.78 Å². The van der Waals surface area contributed by atoms with E-state index < -0.39 is 29.5 Å². The predicted molar refractivity (Wildman–Crippen MR) is 50.4 cm³/mol. The van der Waals surface area contributed by atoms with Gasteiger partial charge in [0.05, 0.1) is 6.54 Å². The second-order valence-corrected chi connectivity index (χ2v) is 3.58. The molecule has 0 spiro atoms. The maximum Gasteiger partial charge on any atom is 0.286 e. The number of halogens is 3. The Bertz CT molecular complexity index is 357. The Morgan fingerprint density at radius 2 is 1.79 bits per heavy atom. The Kier molecular flexibility index (Phi) is 2.96. The highest BCUT2D eigenvalue weighted by Crippen LogP contribution is 2.39. The molecule has 0 fully saturated rings. The molecule has 0 saturated carbocycles. The van der Waals surface area contributed by atoms with E-state index in [2.05, 4.69) is 15.9 Å². The van der Waals surface area contributed by atoms with E-state index in [0.717, 1.165) is 12.1 Å². The summed E-state index contributed by atoms with van der Waals surface area (Å²) < 4.78 is 26.2. The van der Waals surface area contributed by atoms with Crippen LogP contribution in [0.1, 0.15) is 5.56 Å². The summed E-state index contributed by atoms with van der Waals surface area (Å²) in [6.07, 6.45) is 0. The summed E-state index contributed by atoms with van der Waals surface area (Å²) >= 11 is 2.85. The molecule has 0 aliphatic rings. The van der Waals surface area contributed by atoms with Gasteiger partial charge < -0.3 is 15.9 Å². The van der Waals surface area contributed by atoms with E-state index in [1.165, 1.54) is 0 Å². The quantitative estimate of drug-likeness (QED) is 0.718. The Morgan fingerprint density at radius 1 is 1.29 bits per heavy atom. The summed E-state index contributed by atoms with van der Waals surface area (Å²) in [5.74, 6) is -4.30. The van der Waals surface area contributed by atoms with Gasteiger partial charge in [-0.2, -0.15) is 8.78 Å². The monoisotopic (exact) mass is 267 g/mol. The average Bonchev–Trinajstić information content (AvgIpc) is 2.11. The zero-order chi connectivity index (χ0) is 10.9. The normalized spacial score (nSPS) is 11.7. The largest absolute Gasteiger partial charge is 0.504 e. The third-order valence-corrected chi connectivity index (χ3v) is 2.37. The van der Waals surface area contributed by atoms with Gasteiger partial charge in [-0.1, -0.05) is 15.9 Å². The minimum absolute atomic E-state index is 0.00301. The van der Waals surface area contributed by atoms with Gasteiger partial charge >= 0.3 is 0 Å². The van der Waals surface area contributed by atoms with Gasteiger partial charge in [-0.25, -0.2) is 0 Å². The number of benzene rings is 1. The van der Waals surface area contributed by atoms with Crippen LogP contribution in [0.3, 0.4) is 0 Å². The number of alkyl halides is 2. The van der Waals surface area contributed by atoms with Crippen LogP contribution in [0.5, 0.6) is 11.5 Å². The number of phenolic OH excluding ortho intramolecular Hbond substituents is 2. The van der Waals surface area contributed by atoms with Crippen molar-refractivity contribution in [3.8, 4) is 11.5 Å². The first kappa shape index (κ1) is 11.2. The van der Waals surface area contributed by atoms with E-state index in [4.69, 9.17) is 15.9 Å². The molecule has 0 atom stereocenters. The molecule has 0 radical (unpaired) electrons. The Balaban J connectivity index is 3.29. The van der Waals surface area contributed by atoms with Crippen LogP contribution < -0.4 is 5.73 Å². The fourth-order valence-electron chi connectivity index (χ4n) is 0.942. The molecule has 3 nitrogen and oxygen atoms in total. The third-order valence-electron chi connectivity index (χ3n) is 1.71. The fraction of sp³-hybridized carbons (Fsp3) is 0.250. The summed E-state index contributed by atoms with van der Waals surface area (Å²) in [4.78, 5) is 0. The molecule has 0 aliphatic carbocycles. The highest BCUT2D eigenvalue weighted by molar-refractivity contribution is 9.10. The minimum Gasteiger partial charge on any atom is -0.504 e. The molecular weight excluding hydrogens is 260 g/mol. The van der Waals surface area contributed by atoms with Crippen molar-refractivity contribution >= 4 is 15.9 Å². The lowest BCUT2D eigenvalue weighted by molar-refractivity contribution is 0.00495. The van der Waals surface area contributed by atoms with Crippen LogP contribution in [0.2, 0.25) is 0 Å². The summed E-state index contributed by atoms with van der Waals surface area (Å²) in [6, 6.07) is 1.78. The summed E-state index contributed by atoms with van der Waals surface area (Å²) in [7, 11) is 0. The molecule has 78 valence electrons. The van der Waals surface area contributed by atoms with Crippen molar-refractivity contribution in [3.63, 3.8) is 0 Å². The minimum atomic E-state index is -3.23. The zero-order valence-corrected chi connectivity index (χ0v) is 8.55. The molecule has 1 aromatic rings. The van der Waals surface area contributed by atoms with E-state index in [-0.39, 0.29) is 4.47 Å². The molecule has 0 bridgehead atoms. The lowest BCUT2D eigenvalue weighted by Crippen LogP contribution is -2.25. The zero-order valence-electron chi connectivity index (χ0n) is 6.97. The second kappa shape index (κ2) is 3.70. The summed E-state index contributed by atoms with van der Waals surface area (Å²) in [6.45, 7) is -0.865. The Morgan fingerprint density at radius 3 is 2.29 bits per heavy atom. The Hall–Kier alpha value is -0.880. The van der Waals surface area contributed by atoms with Gasteiger partial charge in [0.2, 0.25) is 0 Å². The van der Waals surface area contributed by atoms with E-state index >= 15 is 0 Å². The molecule has 0 unspecified atom stereocenters. The summed E-state index contributed by atoms with van der Waals surface area (Å²) in [5, 5.41) is 18.0. The van der Waals surface area contributed by atoms with Gasteiger partial charge in [-0.05, 0) is 12.1 Å². The predicted octanol–water partition coefficient (Wildman–Crippen LogP) is 1.91. The van der Waals surface area contributed by atoms with Crippen LogP contribution in [-0.4, -0.2) is 16.8 Å². The molecule has 4 N–H and O–H groups in total.